The van der Waals surface area contributed by atoms with Crippen molar-refractivity contribution in [1.29, 1.82) is 0 Å². The molecule has 0 saturated heterocycles. The van der Waals surface area contributed by atoms with Gasteiger partial charge < -0.3 is 19.5 Å². The Labute approximate surface area is 110 Å². The van der Waals surface area contributed by atoms with Crippen LogP contribution in [0.15, 0.2) is 41.0 Å². The summed E-state index contributed by atoms with van der Waals surface area (Å²) in [6, 6.07) is 9.64. The van der Waals surface area contributed by atoms with Crippen molar-refractivity contribution in [3.8, 4) is 5.75 Å². The standard InChI is InChI=1S/C14H15N3O2/c1-18-12-6-2-5-11-13(12)16-14(15)17(11)8-7-10-4-3-9-19-10/h2-6,9H,7-8H2,1H3,(H2,15,16). The van der Waals surface area contributed by atoms with Gasteiger partial charge in [0.1, 0.15) is 17.0 Å². The molecule has 19 heavy (non-hydrogen) atoms. The fraction of sp³-hybridized carbons (Fsp3) is 0.214. The molecule has 0 bridgehead atoms. The number of rotatable bonds is 4. The lowest BCUT2D eigenvalue weighted by molar-refractivity contribution is 0.419. The summed E-state index contributed by atoms with van der Waals surface area (Å²) in [5.74, 6) is 2.16. The molecule has 0 aliphatic rings. The molecule has 0 fully saturated rings. The van der Waals surface area contributed by atoms with E-state index in [1.165, 1.54) is 0 Å². The molecule has 0 amide bonds. The van der Waals surface area contributed by atoms with E-state index in [-0.39, 0.29) is 0 Å². The molecule has 0 spiro atoms. The summed E-state index contributed by atoms with van der Waals surface area (Å²) in [5, 5.41) is 0. The van der Waals surface area contributed by atoms with Crippen LogP contribution in [0, 0.1) is 0 Å². The average molecular weight is 257 g/mol. The molecule has 0 radical (unpaired) electrons. The molecule has 5 heteroatoms. The van der Waals surface area contributed by atoms with E-state index in [1.54, 1.807) is 13.4 Å². The molecule has 3 rings (SSSR count). The monoisotopic (exact) mass is 257 g/mol. The molecule has 0 aliphatic carbocycles. The zero-order valence-electron chi connectivity index (χ0n) is 10.7. The lowest BCUT2D eigenvalue weighted by Crippen LogP contribution is -2.05. The molecule has 0 aliphatic heterocycles. The number of aromatic nitrogens is 2. The number of nitrogens with two attached hydrogens (primary N) is 1. The summed E-state index contributed by atoms with van der Waals surface area (Å²) in [6.07, 6.45) is 2.45. The van der Waals surface area contributed by atoms with E-state index in [9.17, 15) is 0 Å². The predicted molar refractivity (Wildman–Crippen MR) is 73.1 cm³/mol. The third kappa shape index (κ3) is 2.03. The number of fused-ring (bicyclic) bond motifs is 1. The molecule has 5 nitrogen and oxygen atoms in total. The minimum Gasteiger partial charge on any atom is -0.494 e. The van der Waals surface area contributed by atoms with Gasteiger partial charge in [-0.15, -0.1) is 0 Å². The summed E-state index contributed by atoms with van der Waals surface area (Å²) in [6.45, 7) is 0.725. The van der Waals surface area contributed by atoms with Gasteiger partial charge in [-0.25, -0.2) is 4.98 Å². The quantitative estimate of drug-likeness (QED) is 0.779. The molecule has 2 N–H and O–H groups in total. The number of para-hydroxylation sites is 1. The van der Waals surface area contributed by atoms with Gasteiger partial charge in [-0.1, -0.05) is 6.07 Å². The van der Waals surface area contributed by atoms with Crippen LogP contribution in [0.3, 0.4) is 0 Å². The van der Waals surface area contributed by atoms with Gasteiger partial charge in [-0.05, 0) is 24.3 Å². The van der Waals surface area contributed by atoms with Crippen LogP contribution in [0.4, 0.5) is 5.95 Å². The first-order valence-electron chi connectivity index (χ1n) is 6.10. The van der Waals surface area contributed by atoms with Crippen LogP contribution in [0.5, 0.6) is 5.75 Å². The second-order valence-electron chi connectivity index (χ2n) is 4.28. The van der Waals surface area contributed by atoms with E-state index >= 15 is 0 Å². The Morgan fingerprint density at radius 2 is 2.21 bits per heavy atom. The van der Waals surface area contributed by atoms with Crippen LogP contribution in [0.1, 0.15) is 5.76 Å². The number of imidazole rings is 1. The lowest BCUT2D eigenvalue weighted by Gasteiger charge is -2.05. The Morgan fingerprint density at radius 3 is 2.95 bits per heavy atom. The first-order valence-corrected chi connectivity index (χ1v) is 6.10. The van der Waals surface area contributed by atoms with E-state index < -0.39 is 0 Å². The number of ether oxygens (including phenoxy) is 1. The van der Waals surface area contributed by atoms with Crippen LogP contribution in [-0.4, -0.2) is 16.7 Å². The maximum atomic E-state index is 5.98. The number of nitrogens with zero attached hydrogens (tertiary/aromatic N) is 2. The van der Waals surface area contributed by atoms with Crippen molar-refractivity contribution in [3.05, 3.63) is 42.4 Å². The summed E-state index contributed by atoms with van der Waals surface area (Å²) >= 11 is 0. The summed E-state index contributed by atoms with van der Waals surface area (Å²) in [7, 11) is 1.63. The van der Waals surface area contributed by atoms with E-state index in [4.69, 9.17) is 14.9 Å². The van der Waals surface area contributed by atoms with Gasteiger partial charge >= 0.3 is 0 Å². The van der Waals surface area contributed by atoms with Crippen LogP contribution in [0.2, 0.25) is 0 Å². The van der Waals surface area contributed by atoms with Gasteiger partial charge in [0.25, 0.3) is 0 Å². The molecular weight excluding hydrogens is 242 g/mol. The number of methoxy groups -OCH3 is 1. The van der Waals surface area contributed by atoms with Crippen LogP contribution in [-0.2, 0) is 13.0 Å². The van der Waals surface area contributed by atoms with Crippen molar-refractivity contribution < 1.29 is 9.15 Å². The number of hydrogen-bond acceptors (Lipinski definition) is 4. The highest BCUT2D eigenvalue weighted by atomic mass is 16.5. The summed E-state index contributed by atoms with van der Waals surface area (Å²) in [5.41, 5.74) is 7.75. The van der Waals surface area contributed by atoms with E-state index in [0.717, 1.165) is 35.5 Å². The number of nitrogen functional groups attached to an aromatic ring is 1. The fourth-order valence-electron chi connectivity index (χ4n) is 2.22. The zero-order valence-corrected chi connectivity index (χ0v) is 10.7. The molecule has 1 aromatic carbocycles. The Balaban J connectivity index is 1.96. The molecule has 2 aromatic heterocycles. The van der Waals surface area contributed by atoms with Gasteiger partial charge in [0, 0.05) is 13.0 Å². The number of anilines is 1. The van der Waals surface area contributed by atoms with E-state index in [0.29, 0.717) is 5.95 Å². The normalized spacial score (nSPS) is 11.0. The Kier molecular flexibility index (Phi) is 2.87. The smallest absolute Gasteiger partial charge is 0.201 e. The summed E-state index contributed by atoms with van der Waals surface area (Å²) < 4.78 is 12.6. The molecule has 0 unspecified atom stereocenters. The van der Waals surface area contributed by atoms with Crippen LogP contribution >= 0.6 is 0 Å². The van der Waals surface area contributed by atoms with Gasteiger partial charge in [0.05, 0.1) is 18.9 Å². The fourth-order valence-corrected chi connectivity index (χ4v) is 2.22. The summed E-state index contributed by atoms with van der Waals surface area (Å²) in [4.78, 5) is 4.37. The van der Waals surface area contributed by atoms with Gasteiger partial charge in [0.15, 0.2) is 0 Å². The van der Waals surface area contributed by atoms with Crippen molar-refractivity contribution in [2.45, 2.75) is 13.0 Å². The number of benzene rings is 1. The highest BCUT2D eigenvalue weighted by molar-refractivity contribution is 5.84. The zero-order chi connectivity index (χ0) is 13.2. The average Bonchev–Trinajstić information content (AvgIpc) is 3.03. The van der Waals surface area contributed by atoms with Gasteiger partial charge in [-0.2, -0.15) is 0 Å². The predicted octanol–water partition coefficient (Wildman–Crippen LogP) is 2.46. The second-order valence-corrected chi connectivity index (χ2v) is 4.28. The minimum atomic E-state index is 0.492. The minimum absolute atomic E-state index is 0.492. The molecule has 98 valence electrons. The second kappa shape index (κ2) is 4.68. The highest BCUT2D eigenvalue weighted by Gasteiger charge is 2.12. The molecule has 2 heterocycles. The van der Waals surface area contributed by atoms with Crippen molar-refractivity contribution in [1.82, 2.24) is 9.55 Å². The molecule has 3 aromatic rings. The van der Waals surface area contributed by atoms with E-state index in [2.05, 4.69) is 4.98 Å². The first kappa shape index (κ1) is 11.6. The number of furan rings is 1. The topological polar surface area (TPSA) is 66.2 Å². The largest absolute Gasteiger partial charge is 0.494 e. The molecule has 0 atom stereocenters. The highest BCUT2D eigenvalue weighted by Crippen LogP contribution is 2.26. The maximum absolute atomic E-state index is 5.98. The third-order valence-corrected chi connectivity index (χ3v) is 3.15. The van der Waals surface area contributed by atoms with Gasteiger partial charge in [-0.3, -0.25) is 0 Å². The van der Waals surface area contributed by atoms with Crippen molar-refractivity contribution in [3.63, 3.8) is 0 Å². The van der Waals surface area contributed by atoms with Crippen LogP contribution in [0.25, 0.3) is 11.0 Å². The molecule has 0 saturated carbocycles. The molecular formula is C14H15N3O2. The van der Waals surface area contributed by atoms with Crippen LogP contribution < -0.4 is 10.5 Å². The third-order valence-electron chi connectivity index (χ3n) is 3.15. The SMILES string of the molecule is COc1cccc2c1nc(N)n2CCc1ccco1. The number of hydrogen-bond donors (Lipinski definition) is 1. The maximum Gasteiger partial charge on any atom is 0.201 e. The van der Waals surface area contributed by atoms with Crippen molar-refractivity contribution in [2.75, 3.05) is 12.8 Å². The lowest BCUT2D eigenvalue weighted by atomic mass is 10.2. The Bertz CT molecular complexity index is 686. The first-order chi connectivity index (χ1) is 9.29. The van der Waals surface area contributed by atoms with Gasteiger partial charge in [0.2, 0.25) is 5.95 Å². The Morgan fingerprint density at radius 1 is 1.32 bits per heavy atom. The van der Waals surface area contributed by atoms with Crippen molar-refractivity contribution in [2.24, 2.45) is 0 Å². The van der Waals surface area contributed by atoms with Crippen molar-refractivity contribution >= 4 is 17.0 Å². The number of aryl methyl sites for hydroxylation is 2. The Hall–Kier alpha value is -2.43. The van der Waals surface area contributed by atoms with E-state index in [1.807, 2.05) is 34.9 Å².